The van der Waals surface area contributed by atoms with Gasteiger partial charge in [-0.05, 0) is 24.3 Å². The number of hydrogen-bond donors (Lipinski definition) is 1. The van der Waals surface area contributed by atoms with Crippen LogP contribution in [0.3, 0.4) is 0 Å². The quantitative estimate of drug-likeness (QED) is 0.591. The number of carbonyl (C=O) groups is 1. The molecule has 5 rings (SSSR count). The highest BCUT2D eigenvalue weighted by molar-refractivity contribution is 5.93. The molecule has 1 aliphatic heterocycles. The van der Waals surface area contributed by atoms with E-state index in [1.807, 2.05) is 41.6 Å². The Labute approximate surface area is 161 Å². The summed E-state index contributed by atoms with van der Waals surface area (Å²) < 4.78 is 7.45. The molecule has 4 aromatic rings. The topological polar surface area (TPSA) is 82.7 Å². The summed E-state index contributed by atoms with van der Waals surface area (Å²) >= 11 is 0. The van der Waals surface area contributed by atoms with E-state index in [-0.39, 0.29) is 5.91 Å². The zero-order valence-electron chi connectivity index (χ0n) is 15.3. The summed E-state index contributed by atoms with van der Waals surface area (Å²) in [5.41, 5.74) is 3.24. The summed E-state index contributed by atoms with van der Waals surface area (Å²) in [5, 5.41) is 7.03. The minimum absolute atomic E-state index is 0.0523. The Morgan fingerprint density at radius 3 is 2.86 bits per heavy atom. The number of aromatic nitrogens is 4. The minimum atomic E-state index is -0.0523. The zero-order chi connectivity index (χ0) is 18.9. The van der Waals surface area contributed by atoms with E-state index in [1.54, 1.807) is 18.4 Å². The first-order valence-electron chi connectivity index (χ1n) is 9.30. The summed E-state index contributed by atoms with van der Waals surface area (Å²) in [4.78, 5) is 21.4. The van der Waals surface area contributed by atoms with Crippen molar-refractivity contribution in [3.8, 4) is 11.5 Å². The number of fused-ring (bicyclic) bond motifs is 1. The highest BCUT2D eigenvalue weighted by Gasteiger charge is 2.24. The van der Waals surface area contributed by atoms with E-state index in [4.69, 9.17) is 4.42 Å². The predicted octanol–water partition coefficient (Wildman–Crippen LogP) is 2.28. The summed E-state index contributed by atoms with van der Waals surface area (Å²) in [6.45, 7) is 3.82. The van der Waals surface area contributed by atoms with Crippen LogP contribution in [-0.2, 0) is 6.54 Å². The minimum Gasteiger partial charge on any atom is -0.463 e. The molecule has 0 aliphatic carbocycles. The van der Waals surface area contributed by atoms with Gasteiger partial charge in [0.15, 0.2) is 11.5 Å². The van der Waals surface area contributed by atoms with E-state index >= 15 is 0 Å². The molecule has 0 unspecified atom stereocenters. The number of H-pyrrole nitrogens is 1. The smallest absolute Gasteiger partial charge is 0.274 e. The van der Waals surface area contributed by atoms with Gasteiger partial charge in [-0.1, -0.05) is 6.07 Å². The maximum atomic E-state index is 12.8. The van der Waals surface area contributed by atoms with E-state index in [0.717, 1.165) is 31.0 Å². The fourth-order valence-electron chi connectivity index (χ4n) is 3.59. The molecule has 0 radical (unpaired) electrons. The molecule has 1 saturated heterocycles. The molecule has 0 bridgehead atoms. The van der Waals surface area contributed by atoms with Crippen molar-refractivity contribution in [2.24, 2.45) is 0 Å². The Balaban J connectivity index is 1.21. The number of amides is 1. The second kappa shape index (κ2) is 6.97. The van der Waals surface area contributed by atoms with Gasteiger partial charge in [0.05, 0.1) is 18.2 Å². The Hall–Kier alpha value is -3.39. The fourth-order valence-corrected chi connectivity index (χ4v) is 3.59. The van der Waals surface area contributed by atoms with Crippen molar-refractivity contribution >= 4 is 11.6 Å². The first-order valence-corrected chi connectivity index (χ1v) is 9.30. The molecule has 1 fully saturated rings. The maximum Gasteiger partial charge on any atom is 0.274 e. The first kappa shape index (κ1) is 16.8. The highest BCUT2D eigenvalue weighted by Crippen LogP contribution is 2.19. The Kier molecular flexibility index (Phi) is 4.17. The van der Waals surface area contributed by atoms with Gasteiger partial charge in [0.2, 0.25) is 0 Å². The van der Waals surface area contributed by atoms with Crippen molar-refractivity contribution in [3.63, 3.8) is 0 Å². The Bertz CT molecular complexity index is 1090. The number of aromatic amines is 1. The number of piperazine rings is 1. The van der Waals surface area contributed by atoms with Crippen LogP contribution in [-0.4, -0.2) is 61.5 Å². The third kappa shape index (κ3) is 3.07. The number of nitrogens with one attached hydrogen (secondary N) is 1. The van der Waals surface area contributed by atoms with Gasteiger partial charge in [0.1, 0.15) is 11.3 Å². The van der Waals surface area contributed by atoms with Crippen molar-refractivity contribution in [1.29, 1.82) is 0 Å². The molecule has 1 N–H and O–H groups in total. The second-order valence-electron chi connectivity index (χ2n) is 6.89. The summed E-state index contributed by atoms with van der Waals surface area (Å²) in [7, 11) is 0. The number of rotatable bonds is 4. The number of imidazole rings is 1. The van der Waals surface area contributed by atoms with E-state index in [0.29, 0.717) is 30.2 Å². The van der Waals surface area contributed by atoms with E-state index in [2.05, 4.69) is 24.5 Å². The Morgan fingerprint density at radius 1 is 1.14 bits per heavy atom. The van der Waals surface area contributed by atoms with Gasteiger partial charge in [-0.2, -0.15) is 5.10 Å². The molecule has 5 heterocycles. The maximum absolute atomic E-state index is 12.8. The second-order valence-corrected chi connectivity index (χ2v) is 6.89. The van der Waals surface area contributed by atoms with Crippen LogP contribution in [0.4, 0.5) is 0 Å². The van der Waals surface area contributed by atoms with E-state index in [9.17, 15) is 4.79 Å². The van der Waals surface area contributed by atoms with Crippen LogP contribution in [0.25, 0.3) is 17.1 Å². The van der Waals surface area contributed by atoms with Crippen LogP contribution in [0.5, 0.6) is 0 Å². The lowest BCUT2D eigenvalue weighted by atomic mass is 10.2. The van der Waals surface area contributed by atoms with Crippen molar-refractivity contribution < 1.29 is 9.21 Å². The molecule has 1 amide bonds. The van der Waals surface area contributed by atoms with Gasteiger partial charge in [-0.3, -0.25) is 14.8 Å². The third-order valence-electron chi connectivity index (χ3n) is 5.12. The number of carbonyl (C=O) groups excluding carboxylic acids is 1. The average Bonchev–Trinajstić information content (AvgIpc) is 3.49. The van der Waals surface area contributed by atoms with Crippen LogP contribution in [0.15, 0.2) is 59.5 Å². The van der Waals surface area contributed by atoms with Crippen LogP contribution in [0.2, 0.25) is 0 Å². The Morgan fingerprint density at radius 2 is 2.04 bits per heavy atom. The molecule has 0 aromatic carbocycles. The number of nitrogens with zero attached hydrogens (tertiary/aromatic N) is 5. The third-order valence-corrected chi connectivity index (χ3v) is 5.12. The van der Waals surface area contributed by atoms with Crippen LogP contribution in [0, 0.1) is 0 Å². The normalized spacial score (nSPS) is 15.4. The standard InChI is InChI=1S/C20H20N6O2/c27-20(17-12-16(22-23-17)18-4-3-11-28-18)25-9-7-24(8-10-25)14-15-13-21-19-5-1-2-6-26(15)19/h1-6,11-13H,7-10,14H2,(H,22,23). The van der Waals surface area contributed by atoms with Crippen LogP contribution >= 0.6 is 0 Å². The number of hydrogen-bond acceptors (Lipinski definition) is 5. The summed E-state index contributed by atoms with van der Waals surface area (Å²) in [5.74, 6) is 0.618. The summed E-state index contributed by atoms with van der Waals surface area (Å²) in [6.07, 6.45) is 5.55. The fraction of sp³-hybridized carbons (Fsp3) is 0.250. The molecule has 142 valence electrons. The van der Waals surface area contributed by atoms with Gasteiger partial charge in [-0.25, -0.2) is 4.98 Å². The monoisotopic (exact) mass is 376 g/mol. The van der Waals surface area contributed by atoms with E-state index < -0.39 is 0 Å². The molecule has 0 atom stereocenters. The van der Waals surface area contributed by atoms with Crippen molar-refractivity contribution in [1.82, 2.24) is 29.4 Å². The van der Waals surface area contributed by atoms with Gasteiger partial charge in [0, 0.05) is 45.0 Å². The number of furan rings is 1. The molecule has 0 saturated carbocycles. The molecular formula is C20H20N6O2. The molecule has 0 spiro atoms. The predicted molar refractivity (Wildman–Crippen MR) is 103 cm³/mol. The van der Waals surface area contributed by atoms with Crippen LogP contribution < -0.4 is 0 Å². The van der Waals surface area contributed by atoms with Crippen molar-refractivity contribution in [3.05, 3.63) is 66.4 Å². The summed E-state index contributed by atoms with van der Waals surface area (Å²) in [6, 6.07) is 11.4. The van der Waals surface area contributed by atoms with Gasteiger partial charge >= 0.3 is 0 Å². The van der Waals surface area contributed by atoms with Crippen molar-refractivity contribution in [2.45, 2.75) is 6.54 Å². The zero-order valence-corrected chi connectivity index (χ0v) is 15.3. The van der Waals surface area contributed by atoms with Crippen molar-refractivity contribution in [2.75, 3.05) is 26.2 Å². The lowest BCUT2D eigenvalue weighted by Gasteiger charge is -2.34. The SMILES string of the molecule is O=C(c1cc(-c2ccco2)[nH]n1)N1CCN(Cc2cnc3ccccn23)CC1. The number of pyridine rings is 1. The molecular weight excluding hydrogens is 356 g/mol. The molecule has 28 heavy (non-hydrogen) atoms. The first-order chi connectivity index (χ1) is 13.8. The lowest BCUT2D eigenvalue weighted by Crippen LogP contribution is -2.48. The van der Waals surface area contributed by atoms with E-state index in [1.165, 1.54) is 0 Å². The largest absolute Gasteiger partial charge is 0.463 e. The molecule has 8 heteroatoms. The average molecular weight is 376 g/mol. The molecule has 1 aliphatic rings. The highest BCUT2D eigenvalue weighted by atomic mass is 16.3. The van der Waals surface area contributed by atoms with Gasteiger partial charge in [-0.15, -0.1) is 0 Å². The molecule has 8 nitrogen and oxygen atoms in total. The van der Waals surface area contributed by atoms with Gasteiger partial charge in [0.25, 0.3) is 5.91 Å². The van der Waals surface area contributed by atoms with Crippen LogP contribution in [0.1, 0.15) is 16.2 Å². The molecule has 4 aromatic heterocycles. The van der Waals surface area contributed by atoms with Gasteiger partial charge < -0.3 is 13.7 Å². The lowest BCUT2D eigenvalue weighted by molar-refractivity contribution is 0.0621.